The summed E-state index contributed by atoms with van der Waals surface area (Å²) >= 11 is 1.29. The zero-order chi connectivity index (χ0) is 15.4. The molecule has 23 heavy (non-hydrogen) atoms. The number of nitro groups is 1. The van der Waals surface area contributed by atoms with Crippen molar-refractivity contribution in [3.05, 3.63) is 58.3 Å². The Kier molecular flexibility index (Phi) is 5.95. The van der Waals surface area contributed by atoms with E-state index < -0.39 is 4.92 Å². The lowest BCUT2D eigenvalue weighted by Gasteiger charge is -2.17. The van der Waals surface area contributed by atoms with Gasteiger partial charge in [0.25, 0.3) is 0 Å². The third-order valence-corrected chi connectivity index (χ3v) is 4.28. The quantitative estimate of drug-likeness (QED) is 0.615. The summed E-state index contributed by atoms with van der Waals surface area (Å²) in [5, 5.41) is 14.8. The van der Waals surface area contributed by atoms with E-state index in [0.717, 1.165) is 35.8 Å². The van der Waals surface area contributed by atoms with Gasteiger partial charge in [-0.1, -0.05) is 30.0 Å². The molecule has 0 unspecified atom stereocenters. The number of rotatable bonds is 4. The van der Waals surface area contributed by atoms with Gasteiger partial charge in [0, 0.05) is 35.8 Å². The van der Waals surface area contributed by atoms with Crippen molar-refractivity contribution in [2.45, 2.75) is 16.3 Å². The fourth-order valence-corrected chi connectivity index (χ4v) is 3.16. The summed E-state index contributed by atoms with van der Waals surface area (Å²) in [5.74, 6) is 0.841. The largest absolute Gasteiger partial charge is 1.00 e. The Morgan fingerprint density at radius 3 is 2.78 bits per heavy atom. The van der Waals surface area contributed by atoms with E-state index in [4.69, 9.17) is 0 Å². The number of benzene rings is 1. The summed E-state index contributed by atoms with van der Waals surface area (Å²) in [4.78, 5) is 20.2. The van der Waals surface area contributed by atoms with Crippen LogP contribution in [0.25, 0.3) is 0 Å². The maximum Gasteiger partial charge on any atom is 0.301 e. The average molecular weight is 350 g/mol. The minimum absolute atomic E-state index is 0. The van der Waals surface area contributed by atoms with Crippen molar-refractivity contribution in [2.75, 3.05) is 13.1 Å². The molecule has 3 rings (SSSR count). The Labute approximate surface area is 144 Å². The minimum atomic E-state index is -0.408. The van der Waals surface area contributed by atoms with Crippen LogP contribution in [-0.2, 0) is 0 Å². The van der Waals surface area contributed by atoms with Crippen molar-refractivity contribution >= 4 is 23.3 Å². The molecule has 2 aromatic rings. The van der Waals surface area contributed by atoms with Gasteiger partial charge in [-0.25, -0.2) is 4.98 Å². The van der Waals surface area contributed by atoms with E-state index in [9.17, 15) is 10.1 Å². The molecule has 2 heterocycles. The van der Waals surface area contributed by atoms with Gasteiger partial charge in [-0.3, -0.25) is 15.1 Å². The minimum Gasteiger partial charge on any atom is -1.00 e. The average Bonchev–Trinajstić information content (AvgIpc) is 2.56. The monoisotopic (exact) mass is 349 g/mol. The first kappa shape index (κ1) is 17.2. The SMILES string of the molecule is O=[N+]([O-])c1cccnc1Sc1ccccc1C1=NCCCN1.[Cl-]. The highest BCUT2D eigenvalue weighted by atomic mass is 35.5. The summed E-state index contributed by atoms with van der Waals surface area (Å²) in [5.41, 5.74) is 0.966. The molecule has 1 aromatic carbocycles. The van der Waals surface area contributed by atoms with Crippen molar-refractivity contribution in [3.8, 4) is 0 Å². The molecular weight excluding hydrogens is 336 g/mol. The van der Waals surface area contributed by atoms with Crippen LogP contribution in [0.2, 0.25) is 0 Å². The highest BCUT2D eigenvalue weighted by Crippen LogP contribution is 2.34. The van der Waals surface area contributed by atoms with Crippen LogP contribution in [0.1, 0.15) is 12.0 Å². The topological polar surface area (TPSA) is 80.4 Å². The highest BCUT2D eigenvalue weighted by Gasteiger charge is 2.18. The molecule has 0 aliphatic carbocycles. The van der Waals surface area contributed by atoms with Crippen molar-refractivity contribution in [1.29, 1.82) is 0 Å². The van der Waals surface area contributed by atoms with Gasteiger partial charge < -0.3 is 17.7 Å². The number of hydrogen-bond acceptors (Lipinski definition) is 6. The Bertz CT molecular complexity index is 739. The van der Waals surface area contributed by atoms with Crippen LogP contribution in [-0.4, -0.2) is 28.8 Å². The Morgan fingerprint density at radius 2 is 2.04 bits per heavy atom. The van der Waals surface area contributed by atoms with E-state index in [2.05, 4.69) is 15.3 Å². The standard InChI is InChI=1S/C15H14N4O2S.ClH/c20-19(21)12-6-3-8-18-15(12)22-13-7-2-1-5-11(13)14-16-9-4-10-17-14;/h1-3,5-8H,4,9-10H2,(H,16,17);1H/p-1. The maximum absolute atomic E-state index is 11.1. The number of aromatic nitrogens is 1. The molecule has 0 bridgehead atoms. The first-order chi connectivity index (χ1) is 10.8. The molecule has 120 valence electrons. The molecule has 0 atom stereocenters. The van der Waals surface area contributed by atoms with Crippen molar-refractivity contribution in [2.24, 2.45) is 4.99 Å². The summed E-state index contributed by atoms with van der Waals surface area (Å²) in [7, 11) is 0. The van der Waals surface area contributed by atoms with Crippen LogP contribution in [0.5, 0.6) is 0 Å². The van der Waals surface area contributed by atoms with Crippen LogP contribution in [0.3, 0.4) is 0 Å². The van der Waals surface area contributed by atoms with Gasteiger partial charge in [-0.05, 0) is 18.6 Å². The van der Waals surface area contributed by atoms with E-state index in [-0.39, 0.29) is 18.1 Å². The number of amidine groups is 1. The molecule has 0 fully saturated rings. The van der Waals surface area contributed by atoms with Gasteiger partial charge in [0.2, 0.25) is 0 Å². The number of pyridine rings is 1. The molecule has 1 aliphatic heterocycles. The van der Waals surface area contributed by atoms with Gasteiger partial charge in [0.05, 0.1) is 4.92 Å². The van der Waals surface area contributed by atoms with Crippen LogP contribution in [0.4, 0.5) is 5.69 Å². The molecule has 1 aliphatic rings. The molecule has 0 radical (unpaired) electrons. The van der Waals surface area contributed by atoms with Gasteiger partial charge in [0.15, 0.2) is 5.03 Å². The molecule has 1 aromatic heterocycles. The Hall–Kier alpha value is -2.12. The van der Waals surface area contributed by atoms with Gasteiger partial charge >= 0.3 is 5.69 Å². The summed E-state index contributed by atoms with van der Waals surface area (Å²) < 4.78 is 0. The van der Waals surface area contributed by atoms with E-state index in [1.54, 1.807) is 12.3 Å². The zero-order valence-corrected chi connectivity index (χ0v) is 13.7. The van der Waals surface area contributed by atoms with Crippen molar-refractivity contribution in [3.63, 3.8) is 0 Å². The third kappa shape index (κ3) is 4.00. The fraction of sp³-hybridized carbons (Fsp3) is 0.200. The third-order valence-electron chi connectivity index (χ3n) is 3.19. The number of nitrogens with zero attached hydrogens (tertiary/aromatic N) is 3. The number of nitrogens with one attached hydrogen (secondary N) is 1. The molecule has 1 N–H and O–H groups in total. The van der Waals surface area contributed by atoms with Crippen LogP contribution in [0, 0.1) is 10.1 Å². The molecule has 0 amide bonds. The van der Waals surface area contributed by atoms with E-state index in [1.807, 2.05) is 24.3 Å². The van der Waals surface area contributed by atoms with E-state index in [0.29, 0.717) is 5.03 Å². The first-order valence-corrected chi connectivity index (χ1v) is 7.72. The first-order valence-electron chi connectivity index (χ1n) is 6.90. The Morgan fingerprint density at radius 1 is 1.22 bits per heavy atom. The summed E-state index contributed by atoms with van der Waals surface area (Å²) in [6, 6.07) is 10.8. The van der Waals surface area contributed by atoms with Gasteiger partial charge in [-0.15, -0.1) is 0 Å². The number of halogens is 1. The van der Waals surface area contributed by atoms with Crippen molar-refractivity contribution in [1.82, 2.24) is 10.3 Å². The van der Waals surface area contributed by atoms with Crippen molar-refractivity contribution < 1.29 is 17.3 Å². The molecule has 0 saturated carbocycles. The lowest BCUT2D eigenvalue weighted by molar-refractivity contribution is -0.388. The predicted octanol–water partition coefficient (Wildman–Crippen LogP) is -0.115. The smallest absolute Gasteiger partial charge is 0.301 e. The van der Waals surface area contributed by atoms with Crippen LogP contribution < -0.4 is 17.7 Å². The molecule has 0 spiro atoms. The molecule has 0 saturated heterocycles. The molecule has 8 heteroatoms. The second-order valence-corrected chi connectivity index (χ2v) is 5.72. The molecule has 6 nitrogen and oxygen atoms in total. The maximum atomic E-state index is 11.1. The predicted molar refractivity (Wildman–Crippen MR) is 85.5 cm³/mol. The number of aliphatic imine (C=N–C) groups is 1. The second-order valence-electron chi connectivity index (χ2n) is 4.69. The highest BCUT2D eigenvalue weighted by molar-refractivity contribution is 7.99. The summed E-state index contributed by atoms with van der Waals surface area (Å²) in [6.45, 7) is 1.69. The summed E-state index contributed by atoms with van der Waals surface area (Å²) in [6.07, 6.45) is 2.58. The lowest BCUT2D eigenvalue weighted by Crippen LogP contribution is -3.00. The lowest BCUT2D eigenvalue weighted by atomic mass is 10.2. The molecular formula is C15H14ClN4O2S-. The van der Waals surface area contributed by atoms with Gasteiger partial charge in [-0.2, -0.15) is 0 Å². The fourth-order valence-electron chi connectivity index (χ4n) is 2.17. The zero-order valence-electron chi connectivity index (χ0n) is 12.1. The van der Waals surface area contributed by atoms with E-state index >= 15 is 0 Å². The van der Waals surface area contributed by atoms with Crippen LogP contribution in [0.15, 0.2) is 57.5 Å². The second kappa shape index (κ2) is 7.94. The van der Waals surface area contributed by atoms with E-state index in [1.165, 1.54) is 17.8 Å². The number of hydrogen-bond donors (Lipinski definition) is 1. The Balaban J connectivity index is 0.00000192. The normalized spacial score (nSPS) is 13.5. The van der Waals surface area contributed by atoms with Gasteiger partial charge in [0.1, 0.15) is 5.84 Å². The van der Waals surface area contributed by atoms with Crippen LogP contribution >= 0.6 is 11.8 Å².